The Morgan fingerprint density at radius 1 is 0.810 bits per heavy atom. The van der Waals surface area contributed by atoms with Gasteiger partial charge in [0.05, 0.1) is 40.3 Å². The molecule has 5 rings (SSSR count). The summed E-state index contributed by atoms with van der Waals surface area (Å²) in [6.07, 6.45) is 0.545. The second kappa shape index (κ2) is 14.8. The fraction of sp³-hybridized carbons (Fsp3) is 0.324. The quantitative estimate of drug-likeness (QED) is 0.174. The van der Waals surface area contributed by atoms with E-state index in [9.17, 15) is 5.11 Å². The molecule has 0 saturated carbocycles. The minimum Gasteiger partial charge on any atom is -0.481 e. The van der Waals surface area contributed by atoms with Gasteiger partial charge < -0.3 is 14.3 Å². The second-order valence-corrected chi connectivity index (χ2v) is 11.9. The summed E-state index contributed by atoms with van der Waals surface area (Å²) in [5.41, 5.74) is 2.39. The number of hydrogen-bond acceptors (Lipinski definition) is 3. The number of aromatic nitrogens is 1. The van der Waals surface area contributed by atoms with Gasteiger partial charge in [-0.1, -0.05) is 116 Å². The minimum absolute atomic E-state index is 0.424. The molecule has 2 unspecified atom stereocenters. The maximum atomic E-state index is 13.2. The summed E-state index contributed by atoms with van der Waals surface area (Å²) in [6.45, 7) is 8.78. The molecule has 1 heterocycles. The molecular weight excluding hydrogens is 584 g/mol. The van der Waals surface area contributed by atoms with Crippen LogP contribution in [0, 0.1) is 0 Å². The highest BCUT2D eigenvalue weighted by molar-refractivity contribution is 9.10. The van der Waals surface area contributed by atoms with Gasteiger partial charge in [0.25, 0.3) is 0 Å². The predicted octanol–water partition coefficient (Wildman–Crippen LogP) is 9.33. The van der Waals surface area contributed by atoms with Crippen LogP contribution in [-0.4, -0.2) is 49.4 Å². The Morgan fingerprint density at radius 3 is 2.12 bits per heavy atom. The zero-order valence-corrected chi connectivity index (χ0v) is 27.9. The van der Waals surface area contributed by atoms with Crippen molar-refractivity contribution in [2.75, 3.05) is 34.8 Å². The van der Waals surface area contributed by atoms with E-state index in [1.807, 2.05) is 76.2 Å². The number of hydrogen-bond donors (Lipinski definition) is 1. The van der Waals surface area contributed by atoms with E-state index in [-0.39, 0.29) is 0 Å². The zero-order valence-electron chi connectivity index (χ0n) is 26.4. The van der Waals surface area contributed by atoms with E-state index < -0.39 is 11.5 Å². The third kappa shape index (κ3) is 7.38. The number of nitrogens with zero attached hydrogens (tertiary/aromatic N) is 2. The van der Waals surface area contributed by atoms with Crippen molar-refractivity contribution < 1.29 is 14.3 Å². The fourth-order valence-corrected chi connectivity index (χ4v) is 5.80. The average molecular weight is 631 g/mol. The number of rotatable bonds is 8. The lowest BCUT2D eigenvalue weighted by atomic mass is 9.70. The smallest absolute Gasteiger partial charge is 0.217 e. The molecule has 222 valence electrons. The molecule has 0 aliphatic carbocycles. The van der Waals surface area contributed by atoms with Crippen LogP contribution in [0.15, 0.2) is 102 Å². The van der Waals surface area contributed by atoms with E-state index in [0.29, 0.717) is 12.3 Å². The van der Waals surface area contributed by atoms with Crippen molar-refractivity contribution in [2.24, 2.45) is 0 Å². The SMILES string of the molecule is CC.CC.COc1nc2ccc(Br)cc2cc1C(c1ccccc1)C(O)(CC[N+](C)(C)C)c1cccc2ccccc12. The number of aliphatic hydroxyl groups is 1. The van der Waals surface area contributed by atoms with Gasteiger partial charge in [0.15, 0.2) is 0 Å². The Balaban J connectivity index is 0.00000116. The van der Waals surface area contributed by atoms with Gasteiger partial charge in [-0.25, -0.2) is 4.98 Å². The molecule has 0 aliphatic heterocycles. The lowest BCUT2D eigenvalue weighted by Gasteiger charge is -2.40. The molecular formula is C37H46BrN2O2+. The molecule has 5 aromatic rings. The molecule has 1 aromatic heterocycles. The number of fused-ring (bicyclic) bond motifs is 2. The first-order valence-electron chi connectivity index (χ1n) is 14.9. The van der Waals surface area contributed by atoms with Crippen molar-refractivity contribution in [3.8, 4) is 5.88 Å². The monoisotopic (exact) mass is 629 g/mol. The van der Waals surface area contributed by atoms with Gasteiger partial charge in [0, 0.05) is 27.8 Å². The first-order valence-corrected chi connectivity index (χ1v) is 15.7. The number of benzene rings is 4. The van der Waals surface area contributed by atoms with Crippen LogP contribution in [-0.2, 0) is 5.60 Å². The van der Waals surface area contributed by atoms with Crippen molar-refractivity contribution in [1.29, 1.82) is 0 Å². The lowest BCUT2D eigenvalue weighted by molar-refractivity contribution is -0.871. The number of methoxy groups -OCH3 is 1. The van der Waals surface area contributed by atoms with Crippen molar-refractivity contribution in [3.63, 3.8) is 0 Å². The summed E-state index contributed by atoms with van der Waals surface area (Å²) < 4.78 is 7.62. The normalized spacial score (nSPS) is 13.3. The summed E-state index contributed by atoms with van der Waals surface area (Å²) >= 11 is 3.61. The van der Waals surface area contributed by atoms with Gasteiger partial charge in [0.2, 0.25) is 5.88 Å². The first-order chi connectivity index (χ1) is 20.2. The van der Waals surface area contributed by atoms with Crippen molar-refractivity contribution in [3.05, 3.63) is 118 Å². The maximum absolute atomic E-state index is 13.2. The molecule has 0 bridgehead atoms. The largest absolute Gasteiger partial charge is 0.481 e. The summed E-state index contributed by atoms with van der Waals surface area (Å²) in [5, 5.41) is 16.3. The molecule has 4 nitrogen and oxygen atoms in total. The molecule has 0 spiro atoms. The molecule has 4 aromatic carbocycles. The number of halogens is 1. The highest BCUT2D eigenvalue weighted by Gasteiger charge is 2.44. The average Bonchev–Trinajstić information content (AvgIpc) is 3.01. The van der Waals surface area contributed by atoms with Crippen LogP contribution >= 0.6 is 15.9 Å². The Kier molecular flexibility index (Phi) is 11.7. The fourth-order valence-electron chi connectivity index (χ4n) is 5.42. The number of pyridine rings is 1. The van der Waals surface area contributed by atoms with Crippen molar-refractivity contribution in [1.82, 2.24) is 4.98 Å². The second-order valence-electron chi connectivity index (χ2n) is 11.0. The number of ether oxygens (including phenoxy) is 1. The van der Waals surface area contributed by atoms with Gasteiger partial charge in [-0.15, -0.1) is 0 Å². The van der Waals surface area contributed by atoms with Crippen LogP contribution in [0.2, 0.25) is 0 Å². The van der Waals surface area contributed by atoms with Crippen LogP contribution in [0.25, 0.3) is 21.7 Å². The predicted molar refractivity (Wildman–Crippen MR) is 182 cm³/mol. The van der Waals surface area contributed by atoms with E-state index in [2.05, 4.69) is 85.6 Å². The van der Waals surface area contributed by atoms with Crippen molar-refractivity contribution in [2.45, 2.75) is 45.6 Å². The van der Waals surface area contributed by atoms with Gasteiger partial charge in [-0.05, 0) is 46.2 Å². The molecule has 0 saturated heterocycles. The summed E-state index contributed by atoms with van der Waals surface area (Å²) in [4.78, 5) is 4.90. The first kappa shape index (κ1) is 33.3. The third-order valence-electron chi connectivity index (χ3n) is 7.30. The Morgan fingerprint density at radius 2 is 1.45 bits per heavy atom. The van der Waals surface area contributed by atoms with E-state index in [0.717, 1.165) is 53.9 Å². The van der Waals surface area contributed by atoms with Gasteiger partial charge >= 0.3 is 0 Å². The van der Waals surface area contributed by atoms with Gasteiger partial charge in [0.1, 0.15) is 5.60 Å². The summed E-state index contributed by atoms with van der Waals surface area (Å²) in [5.74, 6) is 0.101. The van der Waals surface area contributed by atoms with Gasteiger partial charge in [-0.2, -0.15) is 0 Å². The van der Waals surface area contributed by atoms with Crippen LogP contribution in [0.3, 0.4) is 0 Å². The highest BCUT2D eigenvalue weighted by Crippen LogP contribution is 2.49. The van der Waals surface area contributed by atoms with Crippen LogP contribution in [0.4, 0.5) is 0 Å². The Hall–Kier alpha value is -3.25. The topological polar surface area (TPSA) is 42.4 Å². The molecule has 2 atom stereocenters. The molecule has 0 fully saturated rings. The third-order valence-corrected chi connectivity index (χ3v) is 7.80. The summed E-state index contributed by atoms with van der Waals surface area (Å²) in [6, 6.07) is 32.9. The van der Waals surface area contributed by atoms with Crippen LogP contribution in [0.1, 0.15) is 56.7 Å². The molecule has 5 heteroatoms. The van der Waals surface area contributed by atoms with Crippen LogP contribution in [0.5, 0.6) is 5.88 Å². The Labute approximate surface area is 260 Å². The van der Waals surface area contributed by atoms with E-state index in [1.54, 1.807) is 7.11 Å². The number of quaternary nitrogens is 1. The van der Waals surface area contributed by atoms with Crippen molar-refractivity contribution >= 4 is 37.6 Å². The van der Waals surface area contributed by atoms with E-state index >= 15 is 0 Å². The molecule has 1 N–H and O–H groups in total. The van der Waals surface area contributed by atoms with E-state index in [4.69, 9.17) is 9.72 Å². The van der Waals surface area contributed by atoms with Crippen LogP contribution < -0.4 is 4.74 Å². The summed E-state index contributed by atoms with van der Waals surface area (Å²) in [7, 11) is 8.14. The maximum Gasteiger partial charge on any atom is 0.217 e. The zero-order chi connectivity index (χ0) is 30.9. The highest BCUT2D eigenvalue weighted by atomic mass is 79.9. The van der Waals surface area contributed by atoms with Gasteiger partial charge in [-0.3, -0.25) is 0 Å². The lowest BCUT2D eigenvalue weighted by Crippen LogP contribution is -2.43. The standard InChI is InChI=1S/C33H34BrN2O2.2C2H6/c1-36(2,3)20-19-33(37,29-16-10-14-23-11-8-9-15-27(23)29)31(24-12-6-5-7-13-24)28-22-25-21-26(34)17-18-30(25)35-32(28)38-4;2*1-2/h5-18,21-22,31,37H,19-20H2,1-4H3;2*1-2H3/q+1;;. The minimum atomic E-state index is -1.25. The molecule has 0 aliphatic rings. The Bertz CT molecular complexity index is 1570. The molecule has 0 amide bonds. The van der Waals surface area contributed by atoms with E-state index in [1.165, 1.54) is 0 Å². The molecule has 0 radical (unpaired) electrons. The molecule has 42 heavy (non-hydrogen) atoms.